The topological polar surface area (TPSA) is 32.7 Å². The minimum Gasteiger partial charge on any atom is -0.289 e. The van der Waals surface area contributed by atoms with Gasteiger partial charge in [0.15, 0.2) is 5.78 Å². The van der Waals surface area contributed by atoms with E-state index in [1.165, 1.54) is 5.56 Å². The molecule has 0 aromatic heterocycles. The van der Waals surface area contributed by atoms with Gasteiger partial charge in [0.05, 0.1) is 11.9 Å². The maximum atomic E-state index is 12.8. The van der Waals surface area contributed by atoms with Crippen LogP contribution in [0.1, 0.15) is 32.6 Å². The molecule has 1 aliphatic rings. The summed E-state index contributed by atoms with van der Waals surface area (Å²) in [5.41, 5.74) is 5.85. The number of rotatable bonds is 6. The lowest BCUT2D eigenvalue weighted by Gasteiger charge is -2.12. The van der Waals surface area contributed by atoms with Crippen molar-refractivity contribution in [3.05, 3.63) is 113 Å². The van der Waals surface area contributed by atoms with Crippen molar-refractivity contribution in [3.8, 4) is 0 Å². The molecule has 29 heavy (non-hydrogen) atoms. The monoisotopic (exact) mass is 378 g/mol. The Kier molecular flexibility index (Phi) is 5.48. The van der Waals surface area contributed by atoms with Gasteiger partial charge in [-0.3, -0.25) is 9.80 Å². The molecule has 1 heterocycles. The van der Waals surface area contributed by atoms with Crippen LogP contribution < -0.4 is 5.01 Å². The molecule has 4 rings (SSSR count). The van der Waals surface area contributed by atoms with Crippen molar-refractivity contribution in [1.29, 1.82) is 0 Å². The first-order valence-electron chi connectivity index (χ1n) is 9.68. The number of carbonyl (C=O) groups excluding carboxylic acids is 1. The average molecular weight is 378 g/mol. The number of allylic oxidation sites excluding steroid dienone is 1. The largest absolute Gasteiger partial charge is 0.289 e. The van der Waals surface area contributed by atoms with Gasteiger partial charge in [-0.25, -0.2) is 0 Å². The Balaban J connectivity index is 1.56. The molecule has 0 spiro atoms. The number of anilines is 1. The van der Waals surface area contributed by atoms with E-state index in [-0.39, 0.29) is 5.78 Å². The van der Waals surface area contributed by atoms with Crippen LogP contribution in [0.3, 0.4) is 0 Å². The van der Waals surface area contributed by atoms with Gasteiger partial charge in [-0.1, -0.05) is 85.5 Å². The molecule has 0 bridgehead atoms. The molecule has 0 radical (unpaired) electrons. The predicted molar refractivity (Wildman–Crippen MR) is 121 cm³/mol. The number of hydrogen-bond donors (Lipinski definition) is 0. The number of para-hydroxylation sites is 1. The molecule has 0 aliphatic carbocycles. The molecule has 3 aromatic carbocycles. The molecule has 3 aromatic rings. The van der Waals surface area contributed by atoms with Crippen LogP contribution >= 0.6 is 0 Å². The summed E-state index contributed by atoms with van der Waals surface area (Å²) in [5, 5.41) is 6.64. The van der Waals surface area contributed by atoms with Gasteiger partial charge >= 0.3 is 0 Å². The molecule has 0 atom stereocenters. The van der Waals surface area contributed by atoms with Gasteiger partial charge in [0.1, 0.15) is 0 Å². The summed E-state index contributed by atoms with van der Waals surface area (Å²) in [6.45, 7) is 4.68. The zero-order valence-electron chi connectivity index (χ0n) is 16.2. The highest BCUT2D eigenvalue weighted by molar-refractivity contribution is 6.11. The number of hydrazone groups is 1. The number of hydrogen-bond acceptors (Lipinski definition) is 3. The zero-order chi connectivity index (χ0) is 20.1. The van der Waals surface area contributed by atoms with E-state index < -0.39 is 0 Å². The number of nitrogens with zero attached hydrogens (tertiary/aromatic N) is 2. The third-order valence-electron chi connectivity index (χ3n) is 5.06. The normalized spacial score (nSPS) is 13.2. The second-order valence-electron chi connectivity index (χ2n) is 6.86. The molecular formula is C26H22N2O. The van der Waals surface area contributed by atoms with Crippen LogP contribution in [0.25, 0.3) is 12.2 Å². The molecule has 142 valence electrons. The third kappa shape index (κ3) is 4.09. The Bertz CT molecular complexity index is 1110. The fraction of sp³-hybridized carbons (Fsp3) is 0.0769. The van der Waals surface area contributed by atoms with Gasteiger partial charge in [0.2, 0.25) is 0 Å². The van der Waals surface area contributed by atoms with Crippen LogP contribution in [0.4, 0.5) is 5.69 Å². The van der Waals surface area contributed by atoms with Crippen molar-refractivity contribution >= 4 is 29.8 Å². The summed E-state index contributed by atoms with van der Waals surface area (Å²) in [5.74, 6) is -0.0484. The van der Waals surface area contributed by atoms with Crippen LogP contribution in [0.5, 0.6) is 0 Å². The molecule has 0 saturated carbocycles. The van der Waals surface area contributed by atoms with E-state index in [1.807, 2.05) is 65.7 Å². The maximum Gasteiger partial charge on any atom is 0.186 e. The van der Waals surface area contributed by atoms with Crippen LogP contribution in [-0.2, 0) is 6.42 Å². The Morgan fingerprint density at radius 3 is 2.41 bits per heavy atom. The van der Waals surface area contributed by atoms with Crippen LogP contribution in [0.15, 0.2) is 90.6 Å². The fourth-order valence-electron chi connectivity index (χ4n) is 3.51. The van der Waals surface area contributed by atoms with Gasteiger partial charge in [-0.05, 0) is 35.3 Å². The van der Waals surface area contributed by atoms with Gasteiger partial charge in [0.25, 0.3) is 0 Å². The summed E-state index contributed by atoms with van der Waals surface area (Å²) < 4.78 is 0. The van der Waals surface area contributed by atoms with Gasteiger partial charge in [-0.2, -0.15) is 5.10 Å². The molecule has 3 heteroatoms. The first kappa shape index (κ1) is 18.6. The van der Waals surface area contributed by atoms with Crippen LogP contribution in [0.2, 0.25) is 0 Å². The average Bonchev–Trinajstić information content (AvgIpc) is 3.19. The predicted octanol–water partition coefficient (Wildman–Crippen LogP) is 5.62. The molecule has 1 aliphatic heterocycles. The summed E-state index contributed by atoms with van der Waals surface area (Å²) in [6, 6.07) is 23.7. The van der Waals surface area contributed by atoms with E-state index in [0.29, 0.717) is 5.56 Å². The van der Waals surface area contributed by atoms with Crippen molar-refractivity contribution in [2.24, 2.45) is 5.10 Å². The molecule has 0 fully saturated rings. The molecule has 0 saturated heterocycles. The van der Waals surface area contributed by atoms with Gasteiger partial charge in [0, 0.05) is 17.7 Å². The highest BCUT2D eigenvalue weighted by atomic mass is 16.1. The van der Waals surface area contributed by atoms with Crippen molar-refractivity contribution in [1.82, 2.24) is 0 Å². The maximum absolute atomic E-state index is 12.8. The highest BCUT2D eigenvalue weighted by Crippen LogP contribution is 2.27. The molecular weight excluding hydrogens is 356 g/mol. The summed E-state index contributed by atoms with van der Waals surface area (Å²) in [4.78, 5) is 12.8. The lowest BCUT2D eigenvalue weighted by Crippen LogP contribution is -2.13. The van der Waals surface area contributed by atoms with E-state index in [0.717, 1.165) is 35.3 Å². The summed E-state index contributed by atoms with van der Waals surface area (Å²) in [7, 11) is 0. The van der Waals surface area contributed by atoms with E-state index in [4.69, 9.17) is 0 Å². The van der Waals surface area contributed by atoms with E-state index in [1.54, 1.807) is 18.4 Å². The second kappa shape index (κ2) is 8.53. The Morgan fingerprint density at radius 2 is 1.59 bits per heavy atom. The van der Waals surface area contributed by atoms with Crippen LogP contribution in [-0.4, -0.2) is 18.5 Å². The lowest BCUT2D eigenvalue weighted by molar-refractivity contribution is 0.104. The number of carbonyl (C=O) groups is 1. The molecule has 0 unspecified atom stereocenters. The van der Waals surface area contributed by atoms with E-state index in [2.05, 4.69) is 29.9 Å². The number of fused-ring (bicyclic) bond motifs is 1. The lowest BCUT2D eigenvalue weighted by atomic mass is 10.0. The Morgan fingerprint density at radius 1 is 0.897 bits per heavy atom. The smallest absolute Gasteiger partial charge is 0.186 e. The van der Waals surface area contributed by atoms with Crippen molar-refractivity contribution < 1.29 is 4.79 Å². The molecule has 3 nitrogen and oxygen atoms in total. The molecule has 0 N–H and O–H groups in total. The van der Waals surface area contributed by atoms with Gasteiger partial charge < -0.3 is 0 Å². The minimum absolute atomic E-state index is 0.0484. The standard InChI is InChI=1S/C26H22N2O/c1-2-20-9-3-4-10-21(20)15-16-26(29)24-13-7-5-12-23(24)19-27-28-18-17-22-11-6-8-14-25(22)28/h2-16,19H,1,17-18H2/b16-15+,27-19+. The first-order valence-corrected chi connectivity index (χ1v) is 9.68. The highest BCUT2D eigenvalue weighted by Gasteiger charge is 2.17. The van der Waals surface area contributed by atoms with Crippen molar-refractivity contribution in [2.45, 2.75) is 6.42 Å². The zero-order valence-corrected chi connectivity index (χ0v) is 16.2. The SMILES string of the molecule is C=Cc1ccccc1/C=C/C(=O)c1ccccc1/C=N/N1CCc2ccccc21. The van der Waals surface area contributed by atoms with E-state index in [9.17, 15) is 4.79 Å². The van der Waals surface area contributed by atoms with E-state index >= 15 is 0 Å². The summed E-state index contributed by atoms with van der Waals surface area (Å²) in [6.07, 6.45) is 8.00. The quantitative estimate of drug-likeness (QED) is 0.317. The second-order valence-corrected chi connectivity index (χ2v) is 6.86. The number of benzene rings is 3. The fourth-order valence-corrected chi connectivity index (χ4v) is 3.51. The Hall–Kier alpha value is -3.72. The number of ketones is 1. The minimum atomic E-state index is -0.0484. The van der Waals surface area contributed by atoms with Crippen molar-refractivity contribution in [3.63, 3.8) is 0 Å². The van der Waals surface area contributed by atoms with Crippen molar-refractivity contribution in [2.75, 3.05) is 11.6 Å². The molecule has 0 amide bonds. The van der Waals surface area contributed by atoms with Crippen LogP contribution in [0, 0.1) is 0 Å². The van der Waals surface area contributed by atoms with Gasteiger partial charge in [-0.15, -0.1) is 0 Å². The Labute approximate surface area is 171 Å². The first-order chi connectivity index (χ1) is 14.3. The summed E-state index contributed by atoms with van der Waals surface area (Å²) >= 11 is 0. The third-order valence-corrected chi connectivity index (χ3v) is 5.06.